The SMILES string of the molecule is Cc1cc2nc(C)cn2cn1. The summed E-state index contributed by atoms with van der Waals surface area (Å²) in [6, 6.07) is 1.97. The van der Waals surface area contributed by atoms with E-state index in [-0.39, 0.29) is 0 Å². The summed E-state index contributed by atoms with van der Waals surface area (Å²) in [5.74, 6) is 0. The average molecular weight is 147 g/mol. The molecule has 2 aromatic rings. The number of aryl methyl sites for hydroxylation is 2. The Morgan fingerprint density at radius 2 is 2.09 bits per heavy atom. The maximum Gasteiger partial charge on any atom is 0.139 e. The molecule has 2 rings (SSSR count). The fourth-order valence-corrected chi connectivity index (χ4v) is 1.11. The molecule has 0 aliphatic rings. The zero-order valence-corrected chi connectivity index (χ0v) is 6.57. The Morgan fingerprint density at radius 1 is 1.27 bits per heavy atom. The highest BCUT2D eigenvalue weighted by atomic mass is 15.0. The molecule has 0 aliphatic carbocycles. The number of nitrogens with zero attached hydrogens (tertiary/aromatic N) is 3. The van der Waals surface area contributed by atoms with Crippen molar-refractivity contribution in [2.24, 2.45) is 0 Å². The van der Waals surface area contributed by atoms with Crippen molar-refractivity contribution >= 4 is 5.65 Å². The van der Waals surface area contributed by atoms with Gasteiger partial charge in [0.25, 0.3) is 0 Å². The van der Waals surface area contributed by atoms with Gasteiger partial charge in [-0.1, -0.05) is 0 Å². The number of hydrogen-bond acceptors (Lipinski definition) is 2. The van der Waals surface area contributed by atoms with E-state index in [0.29, 0.717) is 0 Å². The Labute approximate surface area is 64.7 Å². The van der Waals surface area contributed by atoms with E-state index in [2.05, 4.69) is 9.97 Å². The van der Waals surface area contributed by atoms with Gasteiger partial charge in [-0.3, -0.25) is 4.40 Å². The maximum absolute atomic E-state index is 4.30. The molecule has 0 unspecified atom stereocenters. The quantitative estimate of drug-likeness (QED) is 0.563. The van der Waals surface area contributed by atoms with Crippen LogP contribution in [0.5, 0.6) is 0 Å². The van der Waals surface area contributed by atoms with Gasteiger partial charge in [-0.05, 0) is 13.8 Å². The standard InChI is InChI=1S/C8H9N3/c1-6-3-8-10-7(2)4-11(8)5-9-6/h3-5H,1-2H3. The summed E-state index contributed by atoms with van der Waals surface area (Å²) in [6.45, 7) is 3.94. The summed E-state index contributed by atoms with van der Waals surface area (Å²) in [4.78, 5) is 8.44. The molecule has 0 N–H and O–H groups in total. The van der Waals surface area contributed by atoms with Gasteiger partial charge in [0.15, 0.2) is 0 Å². The number of imidazole rings is 1. The van der Waals surface area contributed by atoms with Crippen LogP contribution in [-0.4, -0.2) is 14.4 Å². The number of aromatic nitrogens is 3. The fraction of sp³-hybridized carbons (Fsp3) is 0.250. The molecule has 0 saturated heterocycles. The van der Waals surface area contributed by atoms with Crippen molar-refractivity contribution in [2.75, 3.05) is 0 Å². The van der Waals surface area contributed by atoms with Gasteiger partial charge in [0.05, 0.1) is 5.69 Å². The minimum absolute atomic E-state index is 0.968. The van der Waals surface area contributed by atoms with Crippen molar-refractivity contribution in [3.8, 4) is 0 Å². The third kappa shape index (κ3) is 0.981. The molecule has 3 heteroatoms. The van der Waals surface area contributed by atoms with Crippen LogP contribution in [0.2, 0.25) is 0 Å². The Balaban J connectivity index is 2.82. The third-order valence-electron chi connectivity index (χ3n) is 1.61. The average Bonchev–Trinajstić information content (AvgIpc) is 2.27. The molecule has 0 radical (unpaired) electrons. The van der Waals surface area contributed by atoms with Gasteiger partial charge in [-0.2, -0.15) is 0 Å². The van der Waals surface area contributed by atoms with E-state index >= 15 is 0 Å². The smallest absolute Gasteiger partial charge is 0.139 e. The minimum Gasteiger partial charge on any atom is -0.290 e. The highest BCUT2D eigenvalue weighted by molar-refractivity contribution is 5.39. The highest BCUT2D eigenvalue weighted by Crippen LogP contribution is 2.03. The summed E-state index contributed by atoms with van der Waals surface area (Å²) >= 11 is 0. The molecule has 3 nitrogen and oxygen atoms in total. The Bertz CT molecular complexity index is 389. The molecule has 11 heavy (non-hydrogen) atoms. The van der Waals surface area contributed by atoms with E-state index in [4.69, 9.17) is 0 Å². The van der Waals surface area contributed by atoms with E-state index in [1.165, 1.54) is 0 Å². The lowest BCUT2D eigenvalue weighted by Gasteiger charge is -1.91. The lowest BCUT2D eigenvalue weighted by atomic mass is 10.4. The fourth-order valence-electron chi connectivity index (χ4n) is 1.11. The first kappa shape index (κ1) is 6.34. The summed E-state index contributed by atoms with van der Waals surface area (Å²) < 4.78 is 1.92. The monoisotopic (exact) mass is 147 g/mol. The zero-order chi connectivity index (χ0) is 7.84. The van der Waals surface area contributed by atoms with Crippen molar-refractivity contribution in [2.45, 2.75) is 13.8 Å². The van der Waals surface area contributed by atoms with Crippen LogP contribution in [0.25, 0.3) is 5.65 Å². The predicted octanol–water partition coefficient (Wildman–Crippen LogP) is 1.35. The van der Waals surface area contributed by atoms with E-state index in [1.807, 2.05) is 30.5 Å². The van der Waals surface area contributed by atoms with Crippen molar-refractivity contribution in [1.82, 2.24) is 14.4 Å². The molecule has 0 saturated carbocycles. The highest BCUT2D eigenvalue weighted by Gasteiger charge is 1.96. The molecular formula is C8H9N3. The largest absolute Gasteiger partial charge is 0.290 e. The third-order valence-corrected chi connectivity index (χ3v) is 1.61. The molecule has 0 spiro atoms. The summed E-state index contributed by atoms with van der Waals surface area (Å²) in [6.07, 6.45) is 3.74. The van der Waals surface area contributed by atoms with Crippen LogP contribution >= 0.6 is 0 Å². The summed E-state index contributed by atoms with van der Waals surface area (Å²) in [5.41, 5.74) is 3.00. The second-order valence-corrected chi connectivity index (χ2v) is 2.68. The normalized spacial score (nSPS) is 10.7. The number of fused-ring (bicyclic) bond motifs is 1. The topological polar surface area (TPSA) is 30.2 Å². The van der Waals surface area contributed by atoms with Crippen LogP contribution in [0.4, 0.5) is 0 Å². The van der Waals surface area contributed by atoms with Gasteiger partial charge in [0, 0.05) is 18.0 Å². The predicted molar refractivity (Wildman–Crippen MR) is 42.5 cm³/mol. The van der Waals surface area contributed by atoms with Crippen LogP contribution in [-0.2, 0) is 0 Å². The summed E-state index contributed by atoms with van der Waals surface area (Å²) in [5, 5.41) is 0. The molecule has 0 amide bonds. The molecule has 2 heterocycles. The van der Waals surface area contributed by atoms with Gasteiger partial charge >= 0.3 is 0 Å². The second kappa shape index (κ2) is 2.05. The van der Waals surface area contributed by atoms with Gasteiger partial charge in [0.1, 0.15) is 12.0 Å². The number of rotatable bonds is 0. The van der Waals surface area contributed by atoms with Crippen molar-refractivity contribution in [3.63, 3.8) is 0 Å². The molecular weight excluding hydrogens is 138 g/mol. The van der Waals surface area contributed by atoms with Crippen LogP contribution in [0.3, 0.4) is 0 Å². The second-order valence-electron chi connectivity index (χ2n) is 2.68. The van der Waals surface area contributed by atoms with Crippen LogP contribution in [0, 0.1) is 13.8 Å². The first-order valence-corrected chi connectivity index (χ1v) is 3.54. The Kier molecular flexibility index (Phi) is 1.18. The van der Waals surface area contributed by atoms with Gasteiger partial charge < -0.3 is 0 Å². The molecule has 0 aliphatic heterocycles. The lowest BCUT2D eigenvalue weighted by molar-refractivity contribution is 1.05. The van der Waals surface area contributed by atoms with E-state index in [1.54, 1.807) is 6.33 Å². The molecule has 0 fully saturated rings. The molecule has 0 aromatic carbocycles. The van der Waals surface area contributed by atoms with Gasteiger partial charge in [0.2, 0.25) is 0 Å². The van der Waals surface area contributed by atoms with Gasteiger partial charge in [-0.25, -0.2) is 9.97 Å². The van der Waals surface area contributed by atoms with Crippen molar-refractivity contribution < 1.29 is 0 Å². The summed E-state index contributed by atoms with van der Waals surface area (Å²) in [7, 11) is 0. The first-order valence-electron chi connectivity index (χ1n) is 3.54. The Morgan fingerprint density at radius 3 is 2.91 bits per heavy atom. The maximum atomic E-state index is 4.30. The molecule has 0 atom stereocenters. The number of hydrogen-bond donors (Lipinski definition) is 0. The van der Waals surface area contributed by atoms with Crippen LogP contribution < -0.4 is 0 Å². The lowest BCUT2D eigenvalue weighted by Crippen LogP contribution is -1.87. The minimum atomic E-state index is 0.968. The molecule has 0 bridgehead atoms. The molecule has 2 aromatic heterocycles. The Hall–Kier alpha value is -1.38. The van der Waals surface area contributed by atoms with Crippen LogP contribution in [0.15, 0.2) is 18.6 Å². The van der Waals surface area contributed by atoms with Gasteiger partial charge in [-0.15, -0.1) is 0 Å². The zero-order valence-electron chi connectivity index (χ0n) is 6.57. The van der Waals surface area contributed by atoms with E-state index in [9.17, 15) is 0 Å². The van der Waals surface area contributed by atoms with Crippen molar-refractivity contribution in [1.29, 1.82) is 0 Å². The van der Waals surface area contributed by atoms with Crippen molar-refractivity contribution in [3.05, 3.63) is 30.0 Å². The first-order chi connectivity index (χ1) is 5.25. The van der Waals surface area contributed by atoms with Crippen LogP contribution in [0.1, 0.15) is 11.4 Å². The molecule has 56 valence electrons. The van der Waals surface area contributed by atoms with E-state index < -0.39 is 0 Å². The van der Waals surface area contributed by atoms with E-state index in [0.717, 1.165) is 17.0 Å².